The Labute approximate surface area is 104 Å². The summed E-state index contributed by atoms with van der Waals surface area (Å²) in [5.74, 6) is 0. The van der Waals surface area contributed by atoms with Crippen molar-refractivity contribution in [2.75, 3.05) is 13.2 Å². The Bertz CT molecular complexity index is 399. The van der Waals surface area contributed by atoms with Crippen molar-refractivity contribution in [1.82, 2.24) is 0 Å². The molecule has 1 aromatic rings. The Kier molecular flexibility index (Phi) is 5.85. The molecular weight excluding hydrogens is 261 g/mol. The highest BCUT2D eigenvalue weighted by Crippen LogP contribution is 2.63. The molecule has 0 saturated carbocycles. The van der Waals surface area contributed by atoms with Crippen LogP contribution < -0.4 is 0 Å². The molecule has 7 heteroatoms. The zero-order valence-corrected chi connectivity index (χ0v) is 11.4. The fourth-order valence-corrected chi connectivity index (χ4v) is 4.52. The fraction of sp³-hybridized carbons (Fsp3) is 0.400. The highest BCUT2D eigenvalue weighted by Gasteiger charge is 2.25. The molecule has 0 aliphatic carbocycles. The molecule has 0 N–H and O–H groups in total. The average Bonchev–Trinajstić information content (AvgIpc) is 2.30. The van der Waals surface area contributed by atoms with Gasteiger partial charge in [-0.2, -0.15) is 0 Å². The Morgan fingerprint density at radius 1 is 1.18 bits per heavy atom. The highest BCUT2D eigenvalue weighted by molar-refractivity contribution is 8.55. The highest BCUT2D eigenvalue weighted by atomic mass is 32.7. The summed E-state index contributed by atoms with van der Waals surface area (Å²) in [5.41, 5.74) is 0.331. The van der Waals surface area contributed by atoms with Crippen LogP contribution in [0.5, 0.6) is 0 Å². The van der Waals surface area contributed by atoms with Gasteiger partial charge >= 0.3 is 6.80 Å². The minimum atomic E-state index is -3.16. The van der Waals surface area contributed by atoms with Gasteiger partial charge in [0.15, 0.2) is 0 Å². The van der Waals surface area contributed by atoms with E-state index in [0.29, 0.717) is 23.8 Å². The lowest BCUT2D eigenvalue weighted by molar-refractivity contribution is 0.237. The van der Waals surface area contributed by atoms with Gasteiger partial charge in [0.2, 0.25) is 0 Å². The van der Waals surface area contributed by atoms with Crippen molar-refractivity contribution >= 4 is 23.9 Å². The topological polar surface area (TPSA) is 65.0 Å². The first kappa shape index (κ1) is 14.4. The van der Waals surface area contributed by atoms with Gasteiger partial charge in [0.05, 0.1) is 13.2 Å². The van der Waals surface area contributed by atoms with Gasteiger partial charge in [-0.05, 0) is 54.7 Å². The number of nitroso groups, excluding NO2 is 1. The minimum Gasteiger partial charge on any atom is -0.301 e. The van der Waals surface area contributed by atoms with Crippen LogP contribution in [0.3, 0.4) is 0 Å². The van der Waals surface area contributed by atoms with E-state index in [4.69, 9.17) is 9.05 Å². The van der Waals surface area contributed by atoms with Crippen molar-refractivity contribution in [3.05, 3.63) is 29.2 Å². The molecule has 1 aromatic carbocycles. The summed E-state index contributed by atoms with van der Waals surface area (Å²) in [4.78, 5) is 11.0. The summed E-state index contributed by atoms with van der Waals surface area (Å²) in [6.45, 7) is 0.990. The van der Waals surface area contributed by atoms with E-state index in [1.54, 1.807) is 38.1 Å². The molecule has 0 saturated heterocycles. The van der Waals surface area contributed by atoms with Gasteiger partial charge in [0.1, 0.15) is 5.69 Å². The Morgan fingerprint density at radius 2 is 1.71 bits per heavy atom. The van der Waals surface area contributed by atoms with Crippen LogP contribution in [0.1, 0.15) is 13.8 Å². The predicted octanol–water partition coefficient (Wildman–Crippen LogP) is 4.36. The van der Waals surface area contributed by atoms with Gasteiger partial charge in [-0.25, -0.2) is 4.57 Å². The second-order valence-electron chi connectivity index (χ2n) is 2.96. The molecule has 1 rings (SSSR count). The molecule has 0 amide bonds. The summed E-state index contributed by atoms with van der Waals surface area (Å²) in [6.07, 6.45) is 0. The first-order valence-electron chi connectivity index (χ1n) is 5.15. The van der Waals surface area contributed by atoms with E-state index in [-0.39, 0.29) is 0 Å². The van der Waals surface area contributed by atoms with Crippen molar-refractivity contribution in [3.63, 3.8) is 0 Å². The van der Waals surface area contributed by atoms with Crippen LogP contribution in [0.25, 0.3) is 0 Å². The molecule has 0 atom stereocenters. The van der Waals surface area contributed by atoms with Crippen LogP contribution in [-0.4, -0.2) is 13.2 Å². The SMILES string of the molecule is CCOP(=O)(OCC)Sc1ccc(N=O)cc1. The average molecular weight is 275 g/mol. The quantitative estimate of drug-likeness (QED) is 0.546. The second-order valence-corrected chi connectivity index (χ2v) is 6.91. The summed E-state index contributed by atoms with van der Waals surface area (Å²) >= 11 is 1.03. The van der Waals surface area contributed by atoms with Crippen LogP contribution in [0.15, 0.2) is 34.3 Å². The van der Waals surface area contributed by atoms with E-state index in [1.807, 2.05) is 0 Å². The monoisotopic (exact) mass is 275 g/mol. The van der Waals surface area contributed by atoms with Crippen LogP contribution in [0.2, 0.25) is 0 Å². The van der Waals surface area contributed by atoms with Gasteiger partial charge in [0, 0.05) is 4.90 Å². The maximum absolute atomic E-state index is 12.2. The molecule has 17 heavy (non-hydrogen) atoms. The first-order valence-corrected chi connectivity index (χ1v) is 8.12. The normalized spacial score (nSPS) is 11.4. The number of benzene rings is 1. The lowest BCUT2D eigenvalue weighted by Crippen LogP contribution is -1.92. The lowest BCUT2D eigenvalue weighted by atomic mass is 10.3. The zero-order chi connectivity index (χ0) is 12.7. The summed E-state index contributed by atoms with van der Waals surface area (Å²) in [6, 6.07) is 6.42. The van der Waals surface area contributed by atoms with E-state index in [1.165, 1.54) is 0 Å². The van der Waals surface area contributed by atoms with E-state index in [0.717, 1.165) is 11.4 Å². The maximum atomic E-state index is 12.2. The smallest absolute Gasteiger partial charge is 0.301 e. The van der Waals surface area contributed by atoms with Crippen LogP contribution in [-0.2, 0) is 13.6 Å². The van der Waals surface area contributed by atoms with Crippen LogP contribution in [0.4, 0.5) is 5.69 Å². The van der Waals surface area contributed by atoms with E-state index in [9.17, 15) is 9.47 Å². The number of rotatable bonds is 7. The lowest BCUT2D eigenvalue weighted by Gasteiger charge is -2.15. The third-order valence-electron chi connectivity index (χ3n) is 1.73. The van der Waals surface area contributed by atoms with Crippen molar-refractivity contribution < 1.29 is 13.6 Å². The van der Waals surface area contributed by atoms with Crippen LogP contribution >= 0.6 is 18.2 Å². The van der Waals surface area contributed by atoms with Gasteiger partial charge in [-0.1, -0.05) is 0 Å². The standard InChI is InChI=1S/C10H14NO4PS/c1-3-14-16(13,15-4-2)17-10-7-5-9(11-12)6-8-10/h5-8H,3-4H2,1-2H3. The van der Waals surface area contributed by atoms with E-state index in [2.05, 4.69) is 5.18 Å². The maximum Gasteiger partial charge on any atom is 0.393 e. The molecule has 0 bridgehead atoms. The largest absolute Gasteiger partial charge is 0.393 e. The van der Waals surface area contributed by atoms with Gasteiger partial charge < -0.3 is 9.05 Å². The van der Waals surface area contributed by atoms with Crippen molar-refractivity contribution in [2.24, 2.45) is 5.18 Å². The molecular formula is C10H14NO4PS. The number of hydrogen-bond acceptors (Lipinski definition) is 6. The minimum absolute atomic E-state index is 0.318. The number of hydrogen-bond donors (Lipinski definition) is 0. The van der Waals surface area contributed by atoms with Crippen molar-refractivity contribution in [2.45, 2.75) is 18.7 Å². The molecule has 0 aliphatic rings. The van der Waals surface area contributed by atoms with Crippen molar-refractivity contribution in [1.29, 1.82) is 0 Å². The zero-order valence-electron chi connectivity index (χ0n) is 9.66. The third-order valence-corrected chi connectivity index (χ3v) is 5.52. The first-order chi connectivity index (χ1) is 8.13. The molecule has 0 aliphatic heterocycles. The van der Waals surface area contributed by atoms with Gasteiger partial charge in [-0.15, -0.1) is 4.91 Å². The van der Waals surface area contributed by atoms with E-state index >= 15 is 0 Å². The second kappa shape index (κ2) is 6.91. The van der Waals surface area contributed by atoms with Crippen LogP contribution in [0, 0.1) is 4.91 Å². The summed E-state index contributed by atoms with van der Waals surface area (Å²) in [5, 5.41) is 2.79. The molecule has 94 valence electrons. The van der Waals surface area contributed by atoms with Crippen molar-refractivity contribution in [3.8, 4) is 0 Å². The summed E-state index contributed by atoms with van der Waals surface area (Å²) < 4.78 is 22.5. The predicted molar refractivity (Wildman–Crippen MR) is 68.6 cm³/mol. The Balaban J connectivity index is 2.78. The Morgan fingerprint density at radius 3 is 2.12 bits per heavy atom. The molecule has 0 aromatic heterocycles. The molecule has 0 fully saturated rings. The van der Waals surface area contributed by atoms with Gasteiger partial charge in [-0.3, -0.25) is 0 Å². The summed E-state index contributed by atoms with van der Waals surface area (Å²) in [7, 11) is 0. The van der Waals surface area contributed by atoms with E-state index < -0.39 is 6.80 Å². The van der Waals surface area contributed by atoms with Gasteiger partial charge in [0.25, 0.3) is 0 Å². The molecule has 0 radical (unpaired) electrons. The molecule has 0 unspecified atom stereocenters. The Hall–Kier alpha value is -0.680. The fourth-order valence-electron chi connectivity index (χ4n) is 1.10. The molecule has 0 spiro atoms. The number of nitrogens with zero attached hydrogens (tertiary/aromatic N) is 1. The third kappa shape index (κ3) is 4.60. The molecule has 5 nitrogen and oxygen atoms in total. The molecule has 0 heterocycles.